The number of nitrogens with one attached hydrogen (secondary N) is 3. The zero-order chi connectivity index (χ0) is 16.6. The second kappa shape index (κ2) is 5.79. The van der Waals surface area contributed by atoms with Crippen LogP contribution in [0.3, 0.4) is 0 Å². The highest BCUT2D eigenvalue weighted by atomic mass is 32.1. The number of nitrogens with zero attached hydrogens (tertiary/aromatic N) is 3. The van der Waals surface area contributed by atoms with Gasteiger partial charge in [0.25, 0.3) is 0 Å². The lowest BCUT2D eigenvalue weighted by atomic mass is 9.82. The van der Waals surface area contributed by atoms with Crippen LogP contribution in [-0.4, -0.2) is 29.7 Å². The Morgan fingerprint density at radius 2 is 1.83 bits per heavy atom. The van der Waals surface area contributed by atoms with E-state index in [0.29, 0.717) is 5.82 Å². The summed E-state index contributed by atoms with van der Waals surface area (Å²) in [5, 5.41) is 9.70. The first-order valence-electron chi connectivity index (χ1n) is 6.63. The Bertz CT molecular complexity index is 906. The Hall–Kier alpha value is -2.76. The average molecular weight is 340 g/mol. The first-order chi connectivity index (χ1) is 11.0. The smallest absolute Gasteiger partial charge is 0.392 e. The van der Waals surface area contributed by atoms with Gasteiger partial charge >= 0.3 is 16.4 Å². The van der Waals surface area contributed by atoms with Gasteiger partial charge in [0, 0.05) is 29.3 Å². The molecule has 3 rings (SSSR count). The van der Waals surface area contributed by atoms with Gasteiger partial charge < -0.3 is 4.42 Å². The second-order valence-corrected chi connectivity index (χ2v) is 5.75. The van der Waals surface area contributed by atoms with Gasteiger partial charge in [-0.3, -0.25) is 19.3 Å². The number of aromatic amines is 3. The van der Waals surface area contributed by atoms with Crippen LogP contribution in [0.4, 0.5) is 0 Å². The lowest BCUT2D eigenvalue weighted by Gasteiger charge is -2.23. The van der Waals surface area contributed by atoms with Gasteiger partial charge in [-0.1, -0.05) is 19.0 Å². The van der Waals surface area contributed by atoms with Crippen molar-refractivity contribution in [1.29, 1.82) is 0 Å². The standard InChI is InChI=1S/C11H12N6O5S/c1-3(6-13-11(20)23-17-6)5(7-12-9(18)22-16-7)4(2)8-14-15-10(19)21-8/h3-5H,1-2H3,(H,15,19)(H,12,16,18)(H,13,17,20)/t3-,4+,5+/m1/s1. The largest absolute Gasteiger partial charge is 0.438 e. The van der Waals surface area contributed by atoms with Crippen LogP contribution in [0, 0.1) is 0 Å². The molecule has 3 aromatic rings. The first kappa shape index (κ1) is 15.1. The summed E-state index contributed by atoms with van der Waals surface area (Å²) in [5.41, 5.74) is 0. The normalized spacial score (nSPS) is 15.4. The van der Waals surface area contributed by atoms with Crippen LogP contribution >= 0.6 is 11.5 Å². The van der Waals surface area contributed by atoms with Crippen molar-refractivity contribution in [1.82, 2.24) is 29.7 Å². The van der Waals surface area contributed by atoms with E-state index in [2.05, 4.69) is 34.2 Å². The lowest BCUT2D eigenvalue weighted by molar-refractivity contribution is 0.344. The predicted octanol–water partition coefficient (Wildman–Crippen LogP) is -0.125. The van der Waals surface area contributed by atoms with Crippen LogP contribution < -0.4 is 16.4 Å². The zero-order valence-corrected chi connectivity index (χ0v) is 12.8. The highest BCUT2D eigenvalue weighted by Gasteiger charge is 2.35. The Balaban J connectivity index is 2.04. The van der Waals surface area contributed by atoms with Crippen LogP contribution in [0.5, 0.6) is 0 Å². The molecule has 3 aromatic heterocycles. The summed E-state index contributed by atoms with van der Waals surface area (Å²) >= 11 is 0.790. The van der Waals surface area contributed by atoms with E-state index < -0.39 is 23.3 Å². The lowest BCUT2D eigenvalue weighted by Crippen LogP contribution is -2.19. The molecule has 0 spiro atoms. The molecule has 0 bridgehead atoms. The minimum Gasteiger partial charge on any atom is -0.392 e. The van der Waals surface area contributed by atoms with E-state index in [1.165, 1.54) is 0 Å². The average Bonchev–Trinajstić information content (AvgIpc) is 3.21. The van der Waals surface area contributed by atoms with E-state index in [4.69, 9.17) is 4.42 Å². The van der Waals surface area contributed by atoms with Crippen molar-refractivity contribution >= 4 is 11.5 Å². The molecule has 0 aliphatic heterocycles. The monoisotopic (exact) mass is 340 g/mol. The third-order valence-corrected chi connectivity index (χ3v) is 4.14. The van der Waals surface area contributed by atoms with Gasteiger partial charge in [-0.25, -0.2) is 14.7 Å². The Morgan fingerprint density at radius 3 is 2.35 bits per heavy atom. The van der Waals surface area contributed by atoms with Crippen molar-refractivity contribution < 1.29 is 8.94 Å². The highest BCUT2D eigenvalue weighted by molar-refractivity contribution is 7.02. The number of hydrogen-bond donors (Lipinski definition) is 3. The van der Waals surface area contributed by atoms with Gasteiger partial charge in [0.2, 0.25) is 5.89 Å². The summed E-state index contributed by atoms with van der Waals surface area (Å²) in [6.07, 6.45) is 0. The topological polar surface area (TPSA) is 164 Å². The molecule has 122 valence electrons. The summed E-state index contributed by atoms with van der Waals surface area (Å²) < 4.78 is 13.6. The summed E-state index contributed by atoms with van der Waals surface area (Å²) in [4.78, 5) is 38.6. The third-order valence-electron chi connectivity index (χ3n) is 3.58. The van der Waals surface area contributed by atoms with Crippen molar-refractivity contribution in [2.75, 3.05) is 0 Å². The molecule has 0 unspecified atom stereocenters. The van der Waals surface area contributed by atoms with E-state index >= 15 is 0 Å². The van der Waals surface area contributed by atoms with Gasteiger partial charge in [0.1, 0.15) is 5.82 Å². The van der Waals surface area contributed by atoms with Crippen LogP contribution in [0.2, 0.25) is 0 Å². The summed E-state index contributed by atoms with van der Waals surface area (Å²) in [6, 6.07) is 0. The third kappa shape index (κ3) is 2.92. The molecule has 23 heavy (non-hydrogen) atoms. The highest BCUT2D eigenvalue weighted by Crippen LogP contribution is 2.39. The van der Waals surface area contributed by atoms with Crippen LogP contribution in [0.15, 0.2) is 23.3 Å². The summed E-state index contributed by atoms with van der Waals surface area (Å²) in [7, 11) is 0. The minimum absolute atomic E-state index is 0.147. The van der Waals surface area contributed by atoms with Gasteiger partial charge in [-0.15, -0.1) is 5.10 Å². The SMILES string of the molecule is C[C@H](c1n[nH]c(=O)o1)[C@@H](c1noc(=O)[nH]1)[C@@H](C)c1nsc(=O)[nH]1. The first-order valence-corrected chi connectivity index (χ1v) is 7.40. The van der Waals surface area contributed by atoms with Gasteiger partial charge in [0.15, 0.2) is 5.82 Å². The van der Waals surface area contributed by atoms with Crippen LogP contribution in [0.1, 0.15) is 49.1 Å². The zero-order valence-electron chi connectivity index (χ0n) is 12.0. The molecule has 0 aromatic carbocycles. The fourth-order valence-electron chi connectivity index (χ4n) is 2.49. The molecular weight excluding hydrogens is 328 g/mol. The van der Waals surface area contributed by atoms with Crippen molar-refractivity contribution in [3.63, 3.8) is 0 Å². The molecule has 0 radical (unpaired) electrons. The fraction of sp³-hybridized carbons (Fsp3) is 0.455. The van der Waals surface area contributed by atoms with E-state index in [1.807, 2.05) is 0 Å². The Kier molecular flexibility index (Phi) is 3.82. The van der Waals surface area contributed by atoms with Crippen molar-refractivity contribution in [3.05, 3.63) is 48.3 Å². The molecule has 12 heteroatoms. The fourth-order valence-corrected chi connectivity index (χ4v) is 3.03. The molecule has 0 saturated carbocycles. The number of aromatic nitrogens is 6. The summed E-state index contributed by atoms with van der Waals surface area (Å²) in [5.74, 6) is -1.87. The number of hydrogen-bond acceptors (Lipinski definition) is 9. The maximum atomic E-state index is 11.3. The van der Waals surface area contributed by atoms with Crippen LogP contribution in [0.25, 0.3) is 0 Å². The van der Waals surface area contributed by atoms with E-state index in [9.17, 15) is 14.4 Å². The van der Waals surface area contributed by atoms with Crippen molar-refractivity contribution in [3.8, 4) is 0 Å². The molecule has 0 fully saturated rings. The summed E-state index contributed by atoms with van der Waals surface area (Å²) in [6.45, 7) is 3.54. The van der Waals surface area contributed by atoms with Gasteiger partial charge in [0.05, 0.1) is 0 Å². The number of rotatable bonds is 5. The minimum atomic E-state index is -0.709. The Morgan fingerprint density at radius 1 is 1.04 bits per heavy atom. The molecule has 0 saturated heterocycles. The van der Waals surface area contributed by atoms with Crippen LogP contribution in [-0.2, 0) is 0 Å². The predicted molar refractivity (Wildman–Crippen MR) is 76.6 cm³/mol. The maximum Gasteiger partial charge on any atom is 0.438 e. The van der Waals surface area contributed by atoms with Crippen molar-refractivity contribution in [2.45, 2.75) is 31.6 Å². The molecule has 3 heterocycles. The van der Waals surface area contributed by atoms with Gasteiger partial charge in [-0.05, 0) is 0 Å². The molecule has 3 N–H and O–H groups in total. The molecule has 0 amide bonds. The molecule has 11 nitrogen and oxygen atoms in total. The molecular formula is C11H12N6O5S. The van der Waals surface area contributed by atoms with E-state index in [0.717, 1.165) is 11.5 Å². The Labute approximate surface area is 130 Å². The van der Waals surface area contributed by atoms with Crippen molar-refractivity contribution in [2.24, 2.45) is 0 Å². The number of H-pyrrole nitrogens is 3. The van der Waals surface area contributed by atoms with E-state index in [-0.39, 0.29) is 22.5 Å². The van der Waals surface area contributed by atoms with E-state index in [1.54, 1.807) is 13.8 Å². The second-order valence-electron chi connectivity index (χ2n) is 5.02. The quantitative estimate of drug-likeness (QED) is 0.578. The molecule has 0 aliphatic carbocycles. The molecule has 0 aliphatic rings. The maximum absolute atomic E-state index is 11.3. The molecule has 3 atom stereocenters. The van der Waals surface area contributed by atoms with Gasteiger partial charge in [-0.2, -0.15) is 4.37 Å².